The highest BCUT2D eigenvalue weighted by atomic mass is 32.1. The maximum absolute atomic E-state index is 12.5. The van der Waals surface area contributed by atoms with Crippen molar-refractivity contribution in [2.45, 2.75) is 12.5 Å². The topological polar surface area (TPSA) is 121 Å². The zero-order valence-corrected chi connectivity index (χ0v) is 16.1. The number of carbonyl (C=O) groups excluding carboxylic acids is 2. The minimum atomic E-state index is -0.873. The van der Waals surface area contributed by atoms with Gasteiger partial charge in [0.25, 0.3) is 5.91 Å². The van der Waals surface area contributed by atoms with Crippen molar-refractivity contribution < 1.29 is 14.7 Å². The molecular weight excluding hydrogens is 388 g/mol. The first-order valence-corrected chi connectivity index (χ1v) is 9.74. The van der Waals surface area contributed by atoms with E-state index in [1.165, 1.54) is 23.5 Å². The summed E-state index contributed by atoms with van der Waals surface area (Å²) in [7, 11) is 0. The smallest absolute Gasteiger partial charge is 0.267 e. The molecule has 146 valence electrons. The van der Waals surface area contributed by atoms with E-state index in [0.717, 1.165) is 27.0 Å². The molecule has 0 fully saturated rings. The van der Waals surface area contributed by atoms with Crippen molar-refractivity contribution in [2.75, 3.05) is 0 Å². The lowest BCUT2D eigenvalue weighted by molar-refractivity contribution is -0.121. The van der Waals surface area contributed by atoms with Crippen molar-refractivity contribution in [2.24, 2.45) is 5.73 Å². The highest BCUT2D eigenvalue weighted by molar-refractivity contribution is 7.17. The predicted molar refractivity (Wildman–Crippen MR) is 112 cm³/mol. The number of carbonyl (C=O) groups is 2. The lowest BCUT2D eigenvalue weighted by Crippen LogP contribution is -2.44. The van der Waals surface area contributed by atoms with Crippen molar-refractivity contribution in [3.63, 3.8) is 0 Å². The fraction of sp³-hybridized carbons (Fsp3) is 0.0952. The average Bonchev–Trinajstić information content (AvgIpc) is 3.39. The van der Waals surface area contributed by atoms with Gasteiger partial charge in [-0.25, -0.2) is 4.98 Å². The number of hydrogen-bond donors (Lipinski definition) is 4. The number of benzene rings is 1. The van der Waals surface area contributed by atoms with E-state index in [4.69, 9.17) is 5.73 Å². The van der Waals surface area contributed by atoms with Crippen LogP contribution in [0, 0.1) is 0 Å². The summed E-state index contributed by atoms with van der Waals surface area (Å²) in [4.78, 5) is 33.4. The highest BCUT2D eigenvalue weighted by Crippen LogP contribution is 2.32. The number of phenols is 1. The molecule has 0 saturated carbocycles. The Morgan fingerprint density at radius 3 is 2.72 bits per heavy atom. The van der Waals surface area contributed by atoms with Gasteiger partial charge in [0.05, 0.1) is 10.9 Å². The van der Waals surface area contributed by atoms with E-state index < -0.39 is 17.9 Å². The van der Waals surface area contributed by atoms with Crippen LogP contribution in [-0.4, -0.2) is 32.9 Å². The van der Waals surface area contributed by atoms with Gasteiger partial charge < -0.3 is 15.8 Å². The zero-order chi connectivity index (χ0) is 20.4. The van der Waals surface area contributed by atoms with Crippen molar-refractivity contribution in [1.29, 1.82) is 0 Å². The number of thiophene rings is 1. The quantitative estimate of drug-likeness (QED) is 0.406. The van der Waals surface area contributed by atoms with Crippen LogP contribution < -0.4 is 11.1 Å². The van der Waals surface area contributed by atoms with Gasteiger partial charge in [-0.3, -0.25) is 14.9 Å². The van der Waals surface area contributed by atoms with Crippen LogP contribution in [0.3, 0.4) is 0 Å². The van der Waals surface area contributed by atoms with Crippen molar-refractivity contribution in [3.8, 4) is 16.2 Å². The van der Waals surface area contributed by atoms with Crippen LogP contribution in [0.1, 0.15) is 15.2 Å². The standard InChI is InChI=1S/C21H18N4O3S/c22-16(11-12-1-3-13(26)4-2-12)20(27)25-21(28)18-6-5-17(29-18)14-7-9-23-19-15(14)8-10-24-19/h1-10,16,26H,11,22H2,(H,23,24)(H,25,27,28)/t16-/m0/s1. The Hall–Kier alpha value is -3.49. The molecule has 4 rings (SSSR count). The number of imide groups is 1. The molecule has 3 heterocycles. The second-order valence-electron chi connectivity index (χ2n) is 6.56. The Bertz CT molecular complexity index is 1180. The first-order chi connectivity index (χ1) is 14.0. The number of fused-ring (bicyclic) bond motifs is 1. The van der Waals surface area contributed by atoms with Crippen LogP contribution in [0.15, 0.2) is 60.9 Å². The number of pyridine rings is 1. The summed E-state index contributed by atoms with van der Waals surface area (Å²) in [6.45, 7) is 0. The highest BCUT2D eigenvalue weighted by Gasteiger charge is 2.19. The number of nitrogens with zero attached hydrogens (tertiary/aromatic N) is 1. The third-order valence-corrected chi connectivity index (χ3v) is 5.64. The molecule has 29 heavy (non-hydrogen) atoms. The molecular formula is C21H18N4O3S. The van der Waals surface area contributed by atoms with Crippen LogP contribution in [0.4, 0.5) is 0 Å². The van der Waals surface area contributed by atoms with Gasteiger partial charge in [0.1, 0.15) is 11.4 Å². The summed E-state index contributed by atoms with van der Waals surface area (Å²) in [6.07, 6.45) is 3.79. The molecule has 0 aliphatic rings. The van der Waals surface area contributed by atoms with Gasteiger partial charge in [0.2, 0.25) is 5.91 Å². The lowest BCUT2D eigenvalue weighted by atomic mass is 10.1. The second-order valence-corrected chi connectivity index (χ2v) is 7.64. The van der Waals surface area contributed by atoms with Gasteiger partial charge in [0, 0.05) is 28.2 Å². The number of nitrogens with one attached hydrogen (secondary N) is 2. The number of nitrogens with two attached hydrogens (primary N) is 1. The molecule has 1 atom stereocenters. The fourth-order valence-electron chi connectivity index (χ4n) is 3.03. The Morgan fingerprint density at radius 2 is 1.93 bits per heavy atom. The van der Waals surface area contributed by atoms with Crippen molar-refractivity contribution >= 4 is 34.2 Å². The molecule has 1 aromatic carbocycles. The molecule has 0 unspecified atom stereocenters. The van der Waals surface area contributed by atoms with Crippen LogP contribution in [0.5, 0.6) is 5.75 Å². The molecule has 0 spiro atoms. The Morgan fingerprint density at radius 1 is 1.14 bits per heavy atom. The molecule has 0 saturated heterocycles. The molecule has 7 nitrogen and oxygen atoms in total. The van der Waals surface area contributed by atoms with E-state index in [0.29, 0.717) is 4.88 Å². The molecule has 3 aromatic heterocycles. The largest absolute Gasteiger partial charge is 0.508 e. The van der Waals surface area contributed by atoms with E-state index in [1.54, 1.807) is 24.4 Å². The van der Waals surface area contributed by atoms with Gasteiger partial charge in [-0.15, -0.1) is 11.3 Å². The summed E-state index contributed by atoms with van der Waals surface area (Å²) in [6, 6.07) is 12.9. The third kappa shape index (κ3) is 4.03. The maximum Gasteiger partial charge on any atom is 0.267 e. The van der Waals surface area contributed by atoms with Crippen LogP contribution in [0.25, 0.3) is 21.5 Å². The molecule has 0 radical (unpaired) electrons. The van der Waals surface area contributed by atoms with E-state index in [-0.39, 0.29) is 12.2 Å². The van der Waals surface area contributed by atoms with Gasteiger partial charge in [-0.1, -0.05) is 12.1 Å². The summed E-state index contributed by atoms with van der Waals surface area (Å²) in [5.41, 5.74) is 8.47. The Kier molecular flexibility index (Phi) is 5.11. The fourth-order valence-corrected chi connectivity index (χ4v) is 3.97. The molecule has 0 bridgehead atoms. The molecule has 0 aliphatic carbocycles. The van der Waals surface area contributed by atoms with Crippen LogP contribution in [-0.2, 0) is 11.2 Å². The van der Waals surface area contributed by atoms with Gasteiger partial charge in [-0.05, 0) is 48.4 Å². The van der Waals surface area contributed by atoms with Gasteiger partial charge in [0.15, 0.2) is 0 Å². The normalized spacial score (nSPS) is 12.0. The summed E-state index contributed by atoms with van der Waals surface area (Å²) in [5, 5.41) is 12.6. The number of aromatic hydroxyl groups is 1. The summed E-state index contributed by atoms with van der Waals surface area (Å²) in [5.74, 6) is -0.886. The van der Waals surface area contributed by atoms with E-state index in [1.807, 2.05) is 24.4 Å². The Balaban J connectivity index is 1.44. The predicted octanol–water partition coefficient (Wildman–Crippen LogP) is 2.82. The van der Waals surface area contributed by atoms with Crippen molar-refractivity contribution in [3.05, 3.63) is 71.4 Å². The first-order valence-electron chi connectivity index (χ1n) is 8.92. The summed E-state index contributed by atoms with van der Waals surface area (Å²) < 4.78 is 0. The first kappa shape index (κ1) is 18.9. The minimum absolute atomic E-state index is 0.140. The van der Waals surface area contributed by atoms with E-state index in [9.17, 15) is 14.7 Å². The molecule has 2 amide bonds. The number of phenolic OH excluding ortho intramolecular Hbond substituents is 1. The van der Waals surface area contributed by atoms with E-state index >= 15 is 0 Å². The Labute approximate surface area is 170 Å². The summed E-state index contributed by atoms with van der Waals surface area (Å²) >= 11 is 1.30. The number of hydrogen-bond acceptors (Lipinski definition) is 6. The number of aromatic amines is 1. The van der Waals surface area contributed by atoms with E-state index in [2.05, 4.69) is 15.3 Å². The maximum atomic E-state index is 12.5. The number of rotatable bonds is 5. The van der Waals surface area contributed by atoms with Crippen LogP contribution >= 0.6 is 11.3 Å². The minimum Gasteiger partial charge on any atom is -0.508 e. The number of amides is 2. The van der Waals surface area contributed by atoms with Crippen LogP contribution in [0.2, 0.25) is 0 Å². The molecule has 5 N–H and O–H groups in total. The number of aromatic nitrogens is 2. The third-order valence-electron chi connectivity index (χ3n) is 4.52. The van der Waals surface area contributed by atoms with Crippen molar-refractivity contribution in [1.82, 2.24) is 15.3 Å². The van der Waals surface area contributed by atoms with Gasteiger partial charge in [-0.2, -0.15) is 0 Å². The monoisotopic (exact) mass is 406 g/mol. The van der Waals surface area contributed by atoms with Gasteiger partial charge >= 0.3 is 0 Å². The average molecular weight is 406 g/mol. The molecule has 8 heteroatoms. The SMILES string of the molecule is N[C@@H](Cc1ccc(O)cc1)C(=O)NC(=O)c1ccc(-c2ccnc3[nH]ccc23)s1. The number of H-pyrrole nitrogens is 1. The second kappa shape index (κ2) is 7.86. The lowest BCUT2D eigenvalue weighted by Gasteiger charge is -2.11. The zero-order valence-electron chi connectivity index (χ0n) is 15.3. The molecule has 0 aliphatic heterocycles. The molecule has 4 aromatic rings.